The van der Waals surface area contributed by atoms with E-state index in [0.29, 0.717) is 0 Å². The molecule has 0 saturated carbocycles. The largest absolute Gasteiger partial charge is 0.325 e. The number of rotatable bonds is 1. The van der Waals surface area contributed by atoms with E-state index >= 15 is 0 Å². The van der Waals surface area contributed by atoms with Crippen LogP contribution in [0.2, 0.25) is 19.6 Å². The predicted octanol–water partition coefficient (Wildman–Crippen LogP) is 3.18. The highest BCUT2D eigenvalue weighted by Gasteiger charge is 2.08. The molecule has 3 heteroatoms. The molecule has 0 aliphatic heterocycles. The van der Waals surface area contributed by atoms with Gasteiger partial charge >= 0.3 is 0 Å². The van der Waals surface area contributed by atoms with Crippen molar-refractivity contribution in [2.45, 2.75) is 33.5 Å². The Labute approximate surface area is 104 Å². The first-order valence-corrected chi connectivity index (χ1v) is 9.19. The molecule has 0 aliphatic rings. The molecular formula is C14H19NOSi. The second-order valence-corrected chi connectivity index (χ2v) is 9.98. The minimum absolute atomic E-state index is 0.0649. The Morgan fingerprint density at radius 1 is 1.29 bits per heavy atom. The van der Waals surface area contributed by atoms with Gasteiger partial charge in [0.1, 0.15) is 8.07 Å². The van der Waals surface area contributed by atoms with Gasteiger partial charge in [0.25, 0.3) is 0 Å². The van der Waals surface area contributed by atoms with Gasteiger partial charge in [0.05, 0.1) is 5.69 Å². The molecule has 0 atom stereocenters. The summed E-state index contributed by atoms with van der Waals surface area (Å²) < 4.78 is 0. The average Bonchev–Trinajstić information content (AvgIpc) is 2.16. The van der Waals surface area contributed by atoms with E-state index in [2.05, 4.69) is 36.4 Å². The first-order chi connectivity index (χ1) is 7.78. The molecule has 1 amide bonds. The van der Waals surface area contributed by atoms with Gasteiger partial charge in [-0.1, -0.05) is 31.6 Å². The van der Waals surface area contributed by atoms with Gasteiger partial charge in [-0.2, -0.15) is 0 Å². The Kier molecular flexibility index (Phi) is 4.14. The zero-order valence-corrected chi connectivity index (χ0v) is 12.1. The highest BCUT2D eigenvalue weighted by molar-refractivity contribution is 6.83. The highest BCUT2D eigenvalue weighted by Crippen LogP contribution is 2.16. The van der Waals surface area contributed by atoms with Crippen molar-refractivity contribution in [3.63, 3.8) is 0 Å². The number of hydrogen-bond acceptors (Lipinski definition) is 1. The lowest BCUT2D eigenvalue weighted by atomic mass is 10.1. The van der Waals surface area contributed by atoms with Crippen LogP contribution in [-0.2, 0) is 4.79 Å². The van der Waals surface area contributed by atoms with E-state index in [1.807, 2.05) is 25.1 Å². The summed E-state index contributed by atoms with van der Waals surface area (Å²) in [5, 5.41) is 2.81. The van der Waals surface area contributed by atoms with Gasteiger partial charge in [-0.25, -0.2) is 0 Å². The quantitative estimate of drug-likeness (QED) is 0.597. The lowest BCUT2D eigenvalue weighted by Crippen LogP contribution is -2.16. The first kappa shape index (κ1) is 13.5. The number of benzene rings is 1. The molecule has 1 aromatic carbocycles. The van der Waals surface area contributed by atoms with Crippen LogP contribution in [0.3, 0.4) is 0 Å². The van der Waals surface area contributed by atoms with Crippen molar-refractivity contribution >= 4 is 19.7 Å². The van der Waals surface area contributed by atoms with Gasteiger partial charge in [-0.15, -0.1) is 5.54 Å². The monoisotopic (exact) mass is 245 g/mol. The van der Waals surface area contributed by atoms with Crippen molar-refractivity contribution in [1.29, 1.82) is 0 Å². The average molecular weight is 245 g/mol. The number of aryl methyl sites for hydroxylation is 1. The molecule has 2 nitrogen and oxygen atoms in total. The maximum atomic E-state index is 11.1. The van der Waals surface area contributed by atoms with Gasteiger partial charge in [-0.3, -0.25) is 4.79 Å². The SMILES string of the molecule is CC(=O)Nc1ccc(C)cc1C#C[Si](C)(C)C. The number of hydrogen-bond donors (Lipinski definition) is 1. The summed E-state index contributed by atoms with van der Waals surface area (Å²) in [5.74, 6) is 3.13. The molecule has 1 N–H and O–H groups in total. The first-order valence-electron chi connectivity index (χ1n) is 5.69. The van der Waals surface area contributed by atoms with E-state index in [0.717, 1.165) is 16.8 Å². The molecule has 0 heterocycles. The van der Waals surface area contributed by atoms with Crippen molar-refractivity contribution in [2.24, 2.45) is 0 Å². The third-order valence-electron chi connectivity index (χ3n) is 2.06. The Bertz CT molecular complexity index is 489. The lowest BCUT2D eigenvalue weighted by Gasteiger charge is -2.08. The molecule has 0 aromatic heterocycles. The minimum Gasteiger partial charge on any atom is -0.325 e. The minimum atomic E-state index is -1.39. The van der Waals surface area contributed by atoms with Crippen LogP contribution in [0.5, 0.6) is 0 Å². The van der Waals surface area contributed by atoms with Gasteiger partial charge in [0.15, 0.2) is 0 Å². The van der Waals surface area contributed by atoms with Gasteiger partial charge < -0.3 is 5.32 Å². The van der Waals surface area contributed by atoms with E-state index in [1.165, 1.54) is 6.92 Å². The fraction of sp³-hybridized carbons (Fsp3) is 0.357. The van der Waals surface area contributed by atoms with Crippen LogP contribution in [0, 0.1) is 18.4 Å². The van der Waals surface area contributed by atoms with Crippen LogP contribution in [0.25, 0.3) is 0 Å². The molecule has 0 bridgehead atoms. The topological polar surface area (TPSA) is 29.1 Å². The summed E-state index contributed by atoms with van der Waals surface area (Å²) in [5.41, 5.74) is 6.17. The number of amides is 1. The summed E-state index contributed by atoms with van der Waals surface area (Å²) in [6.45, 7) is 10.1. The summed E-state index contributed by atoms with van der Waals surface area (Å²) in [6, 6.07) is 5.90. The Morgan fingerprint density at radius 2 is 1.94 bits per heavy atom. The maximum Gasteiger partial charge on any atom is 0.221 e. The van der Waals surface area contributed by atoms with Crippen LogP contribution >= 0.6 is 0 Å². The van der Waals surface area contributed by atoms with Crippen molar-refractivity contribution in [2.75, 3.05) is 5.32 Å². The molecule has 1 aromatic rings. The molecule has 0 radical (unpaired) electrons. The van der Waals surface area contributed by atoms with Gasteiger partial charge in [0, 0.05) is 12.5 Å². The third kappa shape index (κ3) is 4.88. The maximum absolute atomic E-state index is 11.1. The summed E-state index contributed by atoms with van der Waals surface area (Å²) in [6.07, 6.45) is 0. The molecule has 17 heavy (non-hydrogen) atoms. The molecule has 0 saturated heterocycles. The number of anilines is 1. The number of nitrogens with one attached hydrogen (secondary N) is 1. The molecule has 0 unspecified atom stereocenters. The van der Waals surface area contributed by atoms with Crippen molar-refractivity contribution in [3.8, 4) is 11.5 Å². The Hall–Kier alpha value is -1.53. The van der Waals surface area contributed by atoms with E-state index in [4.69, 9.17) is 0 Å². The van der Waals surface area contributed by atoms with E-state index in [9.17, 15) is 4.79 Å². The molecule has 1 rings (SSSR count). The zero-order valence-electron chi connectivity index (χ0n) is 11.1. The Morgan fingerprint density at radius 3 is 2.47 bits per heavy atom. The summed E-state index contributed by atoms with van der Waals surface area (Å²) >= 11 is 0. The van der Waals surface area contributed by atoms with Crippen LogP contribution < -0.4 is 5.32 Å². The van der Waals surface area contributed by atoms with Crippen LogP contribution in [0.15, 0.2) is 18.2 Å². The predicted molar refractivity (Wildman–Crippen MR) is 75.7 cm³/mol. The van der Waals surface area contributed by atoms with E-state index in [-0.39, 0.29) is 5.91 Å². The van der Waals surface area contributed by atoms with Crippen LogP contribution in [0.4, 0.5) is 5.69 Å². The lowest BCUT2D eigenvalue weighted by molar-refractivity contribution is -0.114. The molecule has 0 aliphatic carbocycles. The van der Waals surface area contributed by atoms with Gasteiger partial charge in [0.2, 0.25) is 5.91 Å². The third-order valence-corrected chi connectivity index (χ3v) is 2.93. The van der Waals surface area contributed by atoms with Crippen molar-refractivity contribution in [1.82, 2.24) is 0 Å². The molecule has 0 fully saturated rings. The normalized spacial score (nSPS) is 10.4. The molecule has 90 valence electrons. The standard InChI is InChI=1S/C14H19NOSi/c1-11-6-7-14(15-12(2)16)13(10-11)8-9-17(3,4)5/h6-7,10H,1-5H3,(H,15,16). The summed E-state index contributed by atoms with van der Waals surface area (Å²) in [7, 11) is -1.39. The van der Waals surface area contributed by atoms with Crippen LogP contribution in [0.1, 0.15) is 18.1 Å². The van der Waals surface area contributed by atoms with E-state index < -0.39 is 8.07 Å². The van der Waals surface area contributed by atoms with Crippen molar-refractivity contribution in [3.05, 3.63) is 29.3 Å². The van der Waals surface area contributed by atoms with Crippen molar-refractivity contribution < 1.29 is 4.79 Å². The van der Waals surface area contributed by atoms with Crippen LogP contribution in [-0.4, -0.2) is 14.0 Å². The fourth-order valence-corrected chi connectivity index (χ4v) is 1.82. The molecule has 0 spiro atoms. The molecular weight excluding hydrogens is 226 g/mol. The smallest absolute Gasteiger partial charge is 0.221 e. The Balaban J connectivity index is 3.14. The van der Waals surface area contributed by atoms with E-state index in [1.54, 1.807) is 0 Å². The zero-order chi connectivity index (χ0) is 13.1. The second kappa shape index (κ2) is 5.20. The van der Waals surface area contributed by atoms with Gasteiger partial charge in [-0.05, 0) is 24.6 Å². The fourth-order valence-electron chi connectivity index (χ4n) is 1.31. The summed E-state index contributed by atoms with van der Waals surface area (Å²) in [4.78, 5) is 11.1. The number of carbonyl (C=O) groups excluding carboxylic acids is 1. The highest BCUT2D eigenvalue weighted by atomic mass is 28.3. The number of carbonyl (C=O) groups is 1. The second-order valence-electron chi connectivity index (χ2n) is 5.23.